The normalized spacial score (nSPS) is 16.8. The zero-order valence-corrected chi connectivity index (χ0v) is 15.3. The van der Waals surface area contributed by atoms with E-state index in [-0.39, 0.29) is 29.2 Å². The Balaban J connectivity index is 1.89. The second kappa shape index (κ2) is 7.97. The molecule has 0 spiro atoms. The molecule has 1 aliphatic heterocycles. The van der Waals surface area contributed by atoms with Crippen LogP contribution >= 0.6 is 0 Å². The van der Waals surface area contributed by atoms with Crippen molar-refractivity contribution in [2.24, 2.45) is 5.92 Å². The molecule has 1 heterocycles. The van der Waals surface area contributed by atoms with Crippen LogP contribution in [0.1, 0.15) is 47.4 Å². The monoisotopic (exact) mass is 368 g/mol. The lowest BCUT2D eigenvalue weighted by Gasteiger charge is -2.32. The molecular weight excluding hydrogens is 344 g/mol. The standard InChI is InChI=1S/C17H24N2O5S/c1-12(2)11-25(23,24)19-9-7-15(8-10-19)18-16(20)13-3-5-14(6-4-13)17(21)22/h3-6,12,15H,7-11H2,1-2H3,(H,18,20)(H,21,22). The number of aromatic carboxylic acids is 1. The number of carbonyl (C=O) groups is 2. The molecule has 2 rings (SSSR count). The SMILES string of the molecule is CC(C)CS(=O)(=O)N1CCC(NC(=O)c2ccc(C(=O)O)cc2)CC1. The fourth-order valence-electron chi connectivity index (χ4n) is 2.84. The number of nitrogens with one attached hydrogen (secondary N) is 1. The minimum atomic E-state index is -3.23. The Morgan fingerprint density at radius 2 is 1.68 bits per heavy atom. The van der Waals surface area contributed by atoms with Crippen molar-refractivity contribution in [2.75, 3.05) is 18.8 Å². The van der Waals surface area contributed by atoms with Gasteiger partial charge in [0.15, 0.2) is 0 Å². The predicted octanol–water partition coefficient (Wildman–Crippen LogP) is 1.56. The summed E-state index contributed by atoms with van der Waals surface area (Å²) in [6.07, 6.45) is 1.13. The molecule has 1 aromatic carbocycles. The van der Waals surface area contributed by atoms with Crippen LogP contribution in [0.25, 0.3) is 0 Å². The van der Waals surface area contributed by atoms with Crippen LogP contribution in [0.2, 0.25) is 0 Å². The molecule has 0 saturated carbocycles. The van der Waals surface area contributed by atoms with Crippen molar-refractivity contribution in [3.63, 3.8) is 0 Å². The Labute approximate surface area is 148 Å². The van der Waals surface area contributed by atoms with E-state index in [1.807, 2.05) is 13.8 Å². The van der Waals surface area contributed by atoms with Crippen molar-refractivity contribution < 1.29 is 23.1 Å². The van der Waals surface area contributed by atoms with Gasteiger partial charge in [0.1, 0.15) is 0 Å². The maximum absolute atomic E-state index is 12.2. The largest absolute Gasteiger partial charge is 0.478 e. The number of carboxylic acid groups (broad SMARTS) is 1. The number of nitrogens with zero attached hydrogens (tertiary/aromatic N) is 1. The minimum absolute atomic E-state index is 0.0798. The van der Waals surface area contributed by atoms with Crippen molar-refractivity contribution in [1.82, 2.24) is 9.62 Å². The maximum Gasteiger partial charge on any atom is 0.335 e. The summed E-state index contributed by atoms with van der Waals surface area (Å²) >= 11 is 0. The molecule has 0 unspecified atom stereocenters. The Hall–Kier alpha value is -1.93. The van der Waals surface area contributed by atoms with E-state index in [1.165, 1.54) is 28.6 Å². The van der Waals surface area contributed by atoms with E-state index >= 15 is 0 Å². The van der Waals surface area contributed by atoms with E-state index < -0.39 is 16.0 Å². The zero-order valence-electron chi connectivity index (χ0n) is 14.4. The van der Waals surface area contributed by atoms with E-state index in [0.717, 1.165) is 0 Å². The Morgan fingerprint density at radius 3 is 2.16 bits per heavy atom. The second-order valence-electron chi connectivity index (χ2n) is 6.70. The Bertz CT molecular complexity index is 720. The first-order valence-corrected chi connectivity index (χ1v) is 9.92. The quantitative estimate of drug-likeness (QED) is 0.793. The van der Waals surface area contributed by atoms with Crippen LogP contribution in [0, 0.1) is 5.92 Å². The lowest BCUT2D eigenvalue weighted by Crippen LogP contribution is -2.47. The second-order valence-corrected chi connectivity index (χ2v) is 8.72. The molecule has 7 nitrogen and oxygen atoms in total. The maximum atomic E-state index is 12.2. The van der Waals surface area contributed by atoms with E-state index in [1.54, 1.807) is 0 Å². The molecule has 0 aromatic heterocycles. The molecule has 138 valence electrons. The first-order chi connectivity index (χ1) is 11.7. The number of carboxylic acids is 1. The number of hydrogen-bond donors (Lipinski definition) is 2. The third-order valence-corrected chi connectivity index (χ3v) is 6.36. The minimum Gasteiger partial charge on any atom is -0.478 e. The van der Waals surface area contributed by atoms with Crippen LogP contribution in [0.15, 0.2) is 24.3 Å². The number of rotatable bonds is 6. The van der Waals surface area contributed by atoms with Gasteiger partial charge in [0, 0.05) is 24.7 Å². The first kappa shape index (κ1) is 19.4. The average Bonchev–Trinajstić information content (AvgIpc) is 2.54. The lowest BCUT2D eigenvalue weighted by atomic mass is 10.1. The van der Waals surface area contributed by atoms with E-state index in [4.69, 9.17) is 5.11 Å². The third-order valence-electron chi connectivity index (χ3n) is 4.12. The van der Waals surface area contributed by atoms with Crippen molar-refractivity contribution >= 4 is 21.9 Å². The summed E-state index contributed by atoms with van der Waals surface area (Å²) in [6.45, 7) is 4.55. The van der Waals surface area contributed by atoms with E-state index in [9.17, 15) is 18.0 Å². The number of carbonyl (C=O) groups excluding carboxylic acids is 1. The van der Waals surface area contributed by atoms with E-state index in [0.29, 0.717) is 31.5 Å². The molecule has 8 heteroatoms. The van der Waals surface area contributed by atoms with Crippen molar-refractivity contribution in [3.8, 4) is 0 Å². The number of piperidine rings is 1. The van der Waals surface area contributed by atoms with E-state index in [2.05, 4.69) is 5.32 Å². The van der Waals surface area contributed by atoms with Gasteiger partial charge in [-0.3, -0.25) is 4.79 Å². The summed E-state index contributed by atoms with van der Waals surface area (Å²) in [4.78, 5) is 23.1. The fraction of sp³-hybridized carbons (Fsp3) is 0.529. The number of benzene rings is 1. The molecule has 1 amide bonds. The third kappa shape index (κ3) is 5.27. The molecule has 25 heavy (non-hydrogen) atoms. The summed E-state index contributed by atoms with van der Waals surface area (Å²) in [5.41, 5.74) is 0.514. The molecule has 0 aliphatic carbocycles. The topological polar surface area (TPSA) is 104 Å². The van der Waals surface area contributed by atoms with Crippen LogP contribution in [-0.2, 0) is 10.0 Å². The van der Waals surface area contributed by atoms with Gasteiger partial charge in [0.2, 0.25) is 10.0 Å². The Kier molecular flexibility index (Phi) is 6.18. The van der Waals surface area contributed by atoms with Crippen LogP contribution in [-0.4, -0.2) is 54.6 Å². The summed E-state index contributed by atoms with van der Waals surface area (Å²) in [7, 11) is -3.23. The highest BCUT2D eigenvalue weighted by atomic mass is 32.2. The van der Waals surface area contributed by atoms with Gasteiger partial charge in [-0.05, 0) is 43.0 Å². The lowest BCUT2D eigenvalue weighted by molar-refractivity contribution is 0.0696. The number of sulfonamides is 1. The molecule has 0 radical (unpaired) electrons. The van der Waals surface area contributed by atoms with Crippen molar-refractivity contribution in [2.45, 2.75) is 32.7 Å². The summed E-state index contributed by atoms with van der Waals surface area (Å²) in [5, 5.41) is 11.8. The molecule has 0 atom stereocenters. The van der Waals surface area contributed by atoms with Crippen LogP contribution in [0.5, 0.6) is 0 Å². The van der Waals surface area contributed by atoms with Gasteiger partial charge >= 0.3 is 5.97 Å². The zero-order chi connectivity index (χ0) is 18.6. The van der Waals surface area contributed by atoms with Crippen LogP contribution in [0.4, 0.5) is 0 Å². The van der Waals surface area contributed by atoms with Crippen molar-refractivity contribution in [3.05, 3.63) is 35.4 Å². The van der Waals surface area contributed by atoms with Crippen LogP contribution < -0.4 is 5.32 Å². The van der Waals surface area contributed by atoms with Gasteiger partial charge < -0.3 is 10.4 Å². The molecular formula is C17H24N2O5S. The number of amides is 1. The molecule has 1 fully saturated rings. The predicted molar refractivity (Wildman–Crippen MR) is 94.1 cm³/mol. The van der Waals surface area contributed by atoms with Gasteiger partial charge in [-0.2, -0.15) is 0 Å². The van der Waals surface area contributed by atoms with Gasteiger partial charge in [-0.15, -0.1) is 0 Å². The van der Waals surface area contributed by atoms with Gasteiger partial charge in [-0.1, -0.05) is 13.8 Å². The Morgan fingerprint density at radius 1 is 1.16 bits per heavy atom. The van der Waals surface area contributed by atoms with Crippen molar-refractivity contribution in [1.29, 1.82) is 0 Å². The average molecular weight is 368 g/mol. The summed E-state index contributed by atoms with van der Waals surface area (Å²) < 4.78 is 25.9. The number of hydrogen-bond acceptors (Lipinski definition) is 4. The van der Waals surface area contributed by atoms with Gasteiger partial charge in [0.05, 0.1) is 11.3 Å². The highest BCUT2D eigenvalue weighted by molar-refractivity contribution is 7.89. The molecule has 1 aliphatic rings. The highest BCUT2D eigenvalue weighted by Gasteiger charge is 2.29. The van der Waals surface area contributed by atoms with Crippen LogP contribution in [0.3, 0.4) is 0 Å². The van der Waals surface area contributed by atoms with Gasteiger partial charge in [-0.25, -0.2) is 17.5 Å². The molecule has 1 saturated heterocycles. The molecule has 2 N–H and O–H groups in total. The molecule has 1 aromatic rings. The molecule has 0 bridgehead atoms. The first-order valence-electron chi connectivity index (χ1n) is 8.31. The summed E-state index contributed by atoms with van der Waals surface area (Å²) in [6, 6.07) is 5.63. The summed E-state index contributed by atoms with van der Waals surface area (Å²) in [5.74, 6) is -1.10. The smallest absolute Gasteiger partial charge is 0.335 e. The van der Waals surface area contributed by atoms with Gasteiger partial charge in [0.25, 0.3) is 5.91 Å². The fourth-order valence-corrected chi connectivity index (χ4v) is 4.66. The highest BCUT2D eigenvalue weighted by Crippen LogP contribution is 2.17.